The topological polar surface area (TPSA) is 26.0 Å². The van der Waals surface area contributed by atoms with Gasteiger partial charge in [0.1, 0.15) is 0 Å². The molecule has 0 aromatic carbocycles. The Balaban J connectivity index is 2.58. The maximum absolute atomic E-state index is 5.74. The molecule has 12 heavy (non-hydrogen) atoms. The second-order valence-corrected chi connectivity index (χ2v) is 4.88. The van der Waals surface area contributed by atoms with Crippen molar-refractivity contribution in [2.75, 3.05) is 0 Å². The van der Waals surface area contributed by atoms with E-state index in [4.69, 9.17) is 5.73 Å². The predicted octanol–water partition coefficient (Wildman–Crippen LogP) is 2.90. The van der Waals surface area contributed by atoms with Gasteiger partial charge in [0.15, 0.2) is 0 Å². The normalized spacial score (nSPS) is 16.0. The summed E-state index contributed by atoms with van der Waals surface area (Å²) < 4.78 is 0. The third kappa shape index (κ3) is 2.61. The Morgan fingerprint density at radius 3 is 2.50 bits per heavy atom. The van der Waals surface area contributed by atoms with Gasteiger partial charge in [-0.3, -0.25) is 0 Å². The average Bonchev–Trinajstić information content (AvgIpc) is 2.34. The monoisotopic (exact) mass is 183 g/mol. The Bertz CT molecular complexity index is 240. The molecule has 1 aromatic rings. The Morgan fingerprint density at radius 1 is 1.42 bits per heavy atom. The van der Waals surface area contributed by atoms with Crippen LogP contribution < -0.4 is 5.73 Å². The second-order valence-electron chi connectivity index (χ2n) is 3.56. The van der Waals surface area contributed by atoms with Crippen LogP contribution in [0.1, 0.15) is 35.9 Å². The molecule has 0 saturated carbocycles. The molecule has 1 aromatic heterocycles. The minimum Gasteiger partial charge on any atom is -0.328 e. The molecule has 0 radical (unpaired) electrons. The average molecular weight is 183 g/mol. The van der Waals surface area contributed by atoms with Gasteiger partial charge >= 0.3 is 0 Å². The first kappa shape index (κ1) is 9.75. The molecule has 1 nitrogen and oxygen atoms in total. The number of aryl methyl sites for hydroxylation is 1. The summed E-state index contributed by atoms with van der Waals surface area (Å²) in [5.74, 6) is 0.615. The molecule has 1 heterocycles. The van der Waals surface area contributed by atoms with Crippen molar-refractivity contribution in [3.8, 4) is 0 Å². The van der Waals surface area contributed by atoms with Crippen LogP contribution in [0.5, 0.6) is 0 Å². The third-order valence-electron chi connectivity index (χ3n) is 1.97. The van der Waals surface area contributed by atoms with Gasteiger partial charge in [0.05, 0.1) is 0 Å². The van der Waals surface area contributed by atoms with Crippen molar-refractivity contribution >= 4 is 11.3 Å². The highest BCUT2D eigenvalue weighted by molar-refractivity contribution is 7.12. The molecule has 0 aliphatic heterocycles. The first-order valence-corrected chi connectivity index (χ1v) is 5.23. The summed E-state index contributed by atoms with van der Waals surface area (Å²) >= 11 is 1.88. The molecule has 1 rings (SSSR count). The number of rotatable bonds is 3. The van der Waals surface area contributed by atoms with E-state index in [1.807, 2.05) is 11.3 Å². The van der Waals surface area contributed by atoms with Gasteiger partial charge in [-0.15, -0.1) is 11.3 Å². The molecular formula is C10H17NS. The smallest absolute Gasteiger partial charge is 0.00768 e. The van der Waals surface area contributed by atoms with Gasteiger partial charge in [0.25, 0.3) is 0 Å². The molecule has 68 valence electrons. The van der Waals surface area contributed by atoms with Crippen molar-refractivity contribution in [1.29, 1.82) is 0 Å². The van der Waals surface area contributed by atoms with Crippen LogP contribution in [0.2, 0.25) is 0 Å². The first-order chi connectivity index (χ1) is 5.59. The Kier molecular flexibility index (Phi) is 3.29. The van der Waals surface area contributed by atoms with E-state index in [-0.39, 0.29) is 0 Å². The molecule has 0 spiro atoms. The lowest BCUT2D eigenvalue weighted by molar-refractivity contribution is 0.592. The summed E-state index contributed by atoms with van der Waals surface area (Å²) in [5, 5.41) is 0. The fourth-order valence-electron chi connectivity index (χ4n) is 1.39. The van der Waals surface area contributed by atoms with Gasteiger partial charge < -0.3 is 5.73 Å². The molecule has 0 aliphatic rings. The largest absolute Gasteiger partial charge is 0.328 e. The highest BCUT2D eigenvalue weighted by atomic mass is 32.1. The van der Waals surface area contributed by atoms with Crippen molar-refractivity contribution in [2.45, 2.75) is 39.2 Å². The van der Waals surface area contributed by atoms with Crippen LogP contribution in [0.3, 0.4) is 0 Å². The highest BCUT2D eigenvalue weighted by Crippen LogP contribution is 2.26. The highest BCUT2D eigenvalue weighted by Gasteiger charge is 2.09. The van der Waals surface area contributed by atoms with E-state index in [1.165, 1.54) is 9.75 Å². The SMILES string of the molecule is Cc1ccc(C(C)CC(C)N)s1. The van der Waals surface area contributed by atoms with Crippen LogP contribution in [0.15, 0.2) is 12.1 Å². The lowest BCUT2D eigenvalue weighted by atomic mass is 10.0. The lowest BCUT2D eigenvalue weighted by Gasteiger charge is -2.11. The molecule has 0 bridgehead atoms. The quantitative estimate of drug-likeness (QED) is 0.766. The molecule has 2 heteroatoms. The zero-order chi connectivity index (χ0) is 9.14. The van der Waals surface area contributed by atoms with Gasteiger partial charge in [-0.25, -0.2) is 0 Å². The number of thiophene rings is 1. The van der Waals surface area contributed by atoms with E-state index in [0.29, 0.717) is 12.0 Å². The fraction of sp³-hybridized carbons (Fsp3) is 0.600. The van der Waals surface area contributed by atoms with Crippen LogP contribution in [-0.2, 0) is 0 Å². The van der Waals surface area contributed by atoms with E-state index >= 15 is 0 Å². The van der Waals surface area contributed by atoms with Crippen molar-refractivity contribution in [3.63, 3.8) is 0 Å². The predicted molar refractivity (Wildman–Crippen MR) is 55.7 cm³/mol. The Morgan fingerprint density at radius 2 is 2.08 bits per heavy atom. The molecule has 0 amide bonds. The van der Waals surface area contributed by atoms with Crippen LogP contribution in [0.25, 0.3) is 0 Å². The molecule has 0 saturated heterocycles. The lowest BCUT2D eigenvalue weighted by Crippen LogP contribution is -2.16. The van der Waals surface area contributed by atoms with Crippen molar-refractivity contribution in [2.24, 2.45) is 5.73 Å². The first-order valence-electron chi connectivity index (χ1n) is 4.41. The van der Waals surface area contributed by atoms with Gasteiger partial charge in [0.2, 0.25) is 0 Å². The zero-order valence-corrected chi connectivity index (χ0v) is 8.82. The van der Waals surface area contributed by atoms with E-state index in [0.717, 1.165) is 6.42 Å². The summed E-state index contributed by atoms with van der Waals surface area (Å²) in [5.41, 5.74) is 5.74. The number of hydrogen-bond donors (Lipinski definition) is 1. The minimum absolute atomic E-state index is 0.308. The third-order valence-corrected chi connectivity index (χ3v) is 3.20. The van der Waals surface area contributed by atoms with Crippen LogP contribution >= 0.6 is 11.3 Å². The van der Waals surface area contributed by atoms with Gasteiger partial charge in [-0.05, 0) is 38.3 Å². The van der Waals surface area contributed by atoms with E-state index in [9.17, 15) is 0 Å². The Hall–Kier alpha value is -0.340. The number of nitrogens with two attached hydrogens (primary N) is 1. The summed E-state index contributed by atoms with van der Waals surface area (Å²) in [6, 6.07) is 4.70. The van der Waals surface area contributed by atoms with Gasteiger partial charge in [0, 0.05) is 15.8 Å². The molecule has 2 unspecified atom stereocenters. The Labute approximate surface area is 78.6 Å². The van der Waals surface area contributed by atoms with Crippen molar-refractivity contribution in [1.82, 2.24) is 0 Å². The second kappa shape index (κ2) is 4.06. The van der Waals surface area contributed by atoms with Gasteiger partial charge in [-0.1, -0.05) is 6.92 Å². The summed E-state index contributed by atoms with van der Waals surface area (Å²) in [4.78, 5) is 2.85. The summed E-state index contributed by atoms with van der Waals surface area (Å²) in [7, 11) is 0. The van der Waals surface area contributed by atoms with Crippen molar-refractivity contribution in [3.05, 3.63) is 21.9 Å². The molecule has 2 atom stereocenters. The maximum atomic E-state index is 5.74. The molecule has 2 N–H and O–H groups in total. The van der Waals surface area contributed by atoms with Crippen molar-refractivity contribution < 1.29 is 0 Å². The number of hydrogen-bond acceptors (Lipinski definition) is 2. The fourth-order valence-corrected chi connectivity index (χ4v) is 2.33. The van der Waals surface area contributed by atoms with E-state index < -0.39 is 0 Å². The molecule has 0 fully saturated rings. The summed E-state index contributed by atoms with van der Waals surface area (Å²) in [6.07, 6.45) is 1.08. The van der Waals surface area contributed by atoms with E-state index in [2.05, 4.69) is 32.9 Å². The van der Waals surface area contributed by atoms with Crippen LogP contribution in [0.4, 0.5) is 0 Å². The molecule has 0 aliphatic carbocycles. The van der Waals surface area contributed by atoms with E-state index in [1.54, 1.807) is 0 Å². The summed E-state index contributed by atoms with van der Waals surface area (Å²) in [6.45, 7) is 6.46. The zero-order valence-electron chi connectivity index (χ0n) is 8.00. The van der Waals surface area contributed by atoms with Gasteiger partial charge in [-0.2, -0.15) is 0 Å². The minimum atomic E-state index is 0.308. The van der Waals surface area contributed by atoms with Crippen LogP contribution in [-0.4, -0.2) is 6.04 Å². The molecular weight excluding hydrogens is 166 g/mol. The maximum Gasteiger partial charge on any atom is 0.00768 e. The van der Waals surface area contributed by atoms with Crippen LogP contribution in [0, 0.1) is 6.92 Å². The standard InChI is InChI=1S/C10H17NS/c1-7(6-8(2)11)10-5-4-9(3)12-10/h4-5,7-8H,6,11H2,1-3H3.